The normalized spacial score (nSPS) is 11.1. The van der Waals surface area contributed by atoms with Crippen LogP contribution in [0.3, 0.4) is 0 Å². The first-order chi connectivity index (χ1) is 14.2. The van der Waals surface area contributed by atoms with Crippen LogP contribution in [-0.4, -0.2) is 33.1 Å². The largest absolute Gasteiger partial charge is 0.487 e. The zero-order chi connectivity index (χ0) is 21.9. The second-order valence-electron chi connectivity index (χ2n) is 6.03. The molecule has 0 saturated heterocycles. The second kappa shape index (κ2) is 8.46. The van der Waals surface area contributed by atoms with Crippen LogP contribution >= 0.6 is 11.6 Å². The molecule has 1 aromatic carbocycles. The van der Waals surface area contributed by atoms with Crippen molar-refractivity contribution in [3.8, 4) is 22.9 Å². The van der Waals surface area contributed by atoms with Gasteiger partial charge in [0.15, 0.2) is 0 Å². The van der Waals surface area contributed by atoms with Crippen molar-refractivity contribution in [3.63, 3.8) is 0 Å². The molecule has 0 aliphatic heterocycles. The summed E-state index contributed by atoms with van der Waals surface area (Å²) >= 11 is 4.71. The summed E-state index contributed by atoms with van der Waals surface area (Å²) in [6.45, 7) is 0. The van der Waals surface area contributed by atoms with E-state index in [1.807, 2.05) is 0 Å². The highest BCUT2D eigenvalue weighted by Crippen LogP contribution is 2.28. The maximum Gasteiger partial charge on any atom is 0.487 e. The maximum absolute atomic E-state index is 12.7. The van der Waals surface area contributed by atoms with Gasteiger partial charge in [-0.1, -0.05) is 0 Å². The summed E-state index contributed by atoms with van der Waals surface area (Å²) in [6, 6.07) is 7.98. The Morgan fingerprint density at radius 1 is 1.20 bits per heavy atom. The molecule has 11 heteroatoms. The lowest BCUT2D eigenvalue weighted by Crippen LogP contribution is -2.16. The molecule has 0 atom stereocenters. The van der Waals surface area contributed by atoms with E-state index in [9.17, 15) is 18.4 Å². The number of amides is 1. The topological polar surface area (TPSA) is 95.3 Å². The standard InChI is InChI=1S/C19H15ClF2N4O4/c1-26-10-24-15(8-16(26)27)14-7-11(9-23-18(14)29-2)17(28)25-12-3-5-13(6-4-12)30-19(20,21)22/h3-10H,1-2H3,(H,25,28). The van der Waals surface area contributed by atoms with Gasteiger partial charge in [-0.25, -0.2) is 9.97 Å². The Balaban J connectivity index is 1.84. The molecule has 8 nitrogen and oxygen atoms in total. The summed E-state index contributed by atoms with van der Waals surface area (Å²) in [6.07, 6.45) is 2.64. The molecule has 0 aliphatic rings. The first kappa shape index (κ1) is 21.2. The number of carbonyl (C=O) groups excluding carboxylic acids is 1. The number of rotatable bonds is 6. The van der Waals surface area contributed by atoms with Crippen molar-refractivity contribution in [3.05, 3.63) is 64.8 Å². The quantitative estimate of drug-likeness (QED) is 0.596. The van der Waals surface area contributed by atoms with Gasteiger partial charge in [0, 0.05) is 36.6 Å². The Hall–Kier alpha value is -3.53. The van der Waals surface area contributed by atoms with E-state index in [4.69, 9.17) is 16.3 Å². The Bertz CT molecular complexity index is 1130. The van der Waals surface area contributed by atoms with Gasteiger partial charge in [-0.2, -0.15) is 0 Å². The minimum Gasteiger partial charge on any atom is -0.481 e. The molecule has 3 aromatic rings. The summed E-state index contributed by atoms with van der Waals surface area (Å²) in [5, 5.41) is 2.60. The van der Waals surface area contributed by atoms with Crippen molar-refractivity contribution in [2.75, 3.05) is 12.4 Å². The number of carbonyl (C=O) groups is 1. The number of hydrogen-bond acceptors (Lipinski definition) is 6. The van der Waals surface area contributed by atoms with E-state index in [1.54, 1.807) is 7.05 Å². The molecule has 3 rings (SSSR count). The Morgan fingerprint density at radius 2 is 1.90 bits per heavy atom. The minimum atomic E-state index is -3.83. The van der Waals surface area contributed by atoms with Gasteiger partial charge in [-0.3, -0.25) is 9.59 Å². The maximum atomic E-state index is 12.7. The van der Waals surface area contributed by atoms with Crippen LogP contribution in [0.2, 0.25) is 0 Å². The number of nitrogens with zero attached hydrogens (tertiary/aromatic N) is 3. The van der Waals surface area contributed by atoms with Crippen molar-refractivity contribution in [2.24, 2.45) is 7.05 Å². The van der Waals surface area contributed by atoms with E-state index in [-0.39, 0.29) is 22.8 Å². The van der Waals surface area contributed by atoms with Gasteiger partial charge in [0.25, 0.3) is 11.5 Å². The molecule has 2 aromatic heterocycles. The number of aryl methyl sites for hydroxylation is 1. The number of aromatic nitrogens is 3. The van der Waals surface area contributed by atoms with Crippen LogP contribution in [0.1, 0.15) is 10.4 Å². The van der Waals surface area contributed by atoms with Crippen LogP contribution in [0.4, 0.5) is 14.5 Å². The zero-order valence-corrected chi connectivity index (χ0v) is 16.5. The number of hydrogen-bond donors (Lipinski definition) is 1. The number of nitrogens with one attached hydrogen (secondary N) is 1. The Labute approximate surface area is 174 Å². The van der Waals surface area contributed by atoms with Crippen LogP contribution in [0.15, 0.2) is 53.7 Å². The lowest BCUT2D eigenvalue weighted by atomic mass is 10.1. The summed E-state index contributed by atoms with van der Waals surface area (Å²) in [5.74, 6) is -0.500. The molecule has 30 heavy (non-hydrogen) atoms. The highest BCUT2D eigenvalue weighted by Gasteiger charge is 2.27. The molecule has 1 amide bonds. The van der Waals surface area contributed by atoms with Crippen LogP contribution in [-0.2, 0) is 7.05 Å². The predicted molar refractivity (Wildman–Crippen MR) is 105 cm³/mol. The summed E-state index contributed by atoms with van der Waals surface area (Å²) < 4.78 is 36.0. The van der Waals surface area contributed by atoms with Gasteiger partial charge in [0.05, 0.1) is 30.3 Å². The van der Waals surface area contributed by atoms with E-state index in [1.165, 1.54) is 60.6 Å². The number of anilines is 1. The fourth-order valence-corrected chi connectivity index (χ4v) is 2.56. The van der Waals surface area contributed by atoms with Gasteiger partial charge in [0.2, 0.25) is 5.88 Å². The van der Waals surface area contributed by atoms with Gasteiger partial charge in [-0.05, 0) is 30.3 Å². The molecule has 0 bridgehead atoms. The van der Waals surface area contributed by atoms with E-state index < -0.39 is 11.5 Å². The fraction of sp³-hybridized carbons (Fsp3) is 0.158. The van der Waals surface area contributed by atoms with Gasteiger partial charge >= 0.3 is 5.57 Å². The third-order valence-electron chi connectivity index (χ3n) is 3.91. The lowest BCUT2D eigenvalue weighted by molar-refractivity contribution is -0.0964. The van der Waals surface area contributed by atoms with Crippen LogP contribution in [0, 0.1) is 0 Å². The fourth-order valence-electron chi connectivity index (χ4n) is 2.47. The van der Waals surface area contributed by atoms with Crippen molar-refractivity contribution in [1.82, 2.24) is 14.5 Å². The Morgan fingerprint density at radius 3 is 2.50 bits per heavy atom. The van der Waals surface area contributed by atoms with Crippen molar-refractivity contribution < 1.29 is 23.0 Å². The number of ether oxygens (including phenoxy) is 2. The highest BCUT2D eigenvalue weighted by atomic mass is 35.5. The van der Waals surface area contributed by atoms with E-state index in [0.29, 0.717) is 16.9 Å². The SMILES string of the molecule is COc1ncc(C(=O)Nc2ccc(OC(F)(F)Cl)cc2)cc1-c1cc(=O)n(C)cn1. The summed E-state index contributed by atoms with van der Waals surface area (Å²) in [5.41, 5.74) is -2.98. The molecule has 2 heterocycles. The monoisotopic (exact) mass is 436 g/mol. The second-order valence-corrected chi connectivity index (χ2v) is 6.47. The number of benzene rings is 1. The van der Waals surface area contributed by atoms with Gasteiger partial charge in [-0.15, -0.1) is 8.78 Å². The molecule has 156 valence electrons. The van der Waals surface area contributed by atoms with Crippen LogP contribution in [0.5, 0.6) is 11.6 Å². The van der Waals surface area contributed by atoms with Crippen molar-refractivity contribution in [2.45, 2.75) is 5.57 Å². The smallest absolute Gasteiger partial charge is 0.481 e. The van der Waals surface area contributed by atoms with Crippen LogP contribution < -0.4 is 20.3 Å². The third-order valence-corrected chi connectivity index (χ3v) is 3.98. The number of halogens is 3. The molecule has 0 aliphatic carbocycles. The molecule has 0 saturated carbocycles. The first-order valence-electron chi connectivity index (χ1n) is 8.40. The predicted octanol–water partition coefficient (Wildman–Crippen LogP) is 3.27. The van der Waals surface area contributed by atoms with Crippen molar-refractivity contribution >= 4 is 23.2 Å². The average Bonchev–Trinajstić information content (AvgIpc) is 2.70. The molecule has 1 N–H and O–H groups in total. The average molecular weight is 437 g/mol. The highest BCUT2D eigenvalue weighted by molar-refractivity contribution is 6.20. The van der Waals surface area contributed by atoms with Gasteiger partial charge in [0.1, 0.15) is 5.75 Å². The van der Waals surface area contributed by atoms with Gasteiger partial charge < -0.3 is 19.4 Å². The van der Waals surface area contributed by atoms with E-state index in [0.717, 1.165) is 0 Å². The van der Waals surface area contributed by atoms with E-state index >= 15 is 0 Å². The molecule has 0 unspecified atom stereocenters. The van der Waals surface area contributed by atoms with E-state index in [2.05, 4.69) is 20.0 Å². The molecular weight excluding hydrogens is 422 g/mol. The van der Waals surface area contributed by atoms with Crippen LogP contribution in [0.25, 0.3) is 11.3 Å². The van der Waals surface area contributed by atoms with Crippen molar-refractivity contribution in [1.29, 1.82) is 0 Å². The Kier molecular flexibility index (Phi) is 5.97. The zero-order valence-electron chi connectivity index (χ0n) is 15.7. The molecular formula is C19H15ClF2N4O4. The minimum absolute atomic E-state index is 0.167. The summed E-state index contributed by atoms with van der Waals surface area (Å²) in [7, 11) is 2.96. The first-order valence-corrected chi connectivity index (χ1v) is 8.78. The summed E-state index contributed by atoms with van der Waals surface area (Å²) in [4.78, 5) is 32.7. The third kappa shape index (κ3) is 5.09. The number of pyridine rings is 1. The molecule has 0 spiro atoms. The lowest BCUT2D eigenvalue weighted by Gasteiger charge is -2.12. The number of methoxy groups -OCH3 is 1. The number of alkyl halides is 3. The molecule has 0 fully saturated rings. The molecule has 0 radical (unpaired) electrons.